The maximum atomic E-state index is 12.3. The molecule has 2 aromatic heterocycles. The van der Waals surface area contributed by atoms with Gasteiger partial charge in [0.25, 0.3) is 5.91 Å². The summed E-state index contributed by atoms with van der Waals surface area (Å²) in [6, 6.07) is 3.90. The maximum Gasteiger partial charge on any atom is 0.261 e. The third-order valence-electron chi connectivity index (χ3n) is 3.29. The van der Waals surface area contributed by atoms with Gasteiger partial charge in [-0.05, 0) is 25.0 Å². The SMILES string of the molecule is CCCC(NC(=O)c1ccc(CC)s1)c1nccn1C. The molecule has 108 valence electrons. The summed E-state index contributed by atoms with van der Waals surface area (Å²) in [5.74, 6) is 0.906. The second kappa shape index (κ2) is 6.70. The van der Waals surface area contributed by atoms with Gasteiger partial charge in [0.2, 0.25) is 0 Å². The fourth-order valence-electron chi connectivity index (χ4n) is 2.19. The summed E-state index contributed by atoms with van der Waals surface area (Å²) in [6.07, 6.45) is 6.54. The first-order chi connectivity index (χ1) is 9.65. The molecule has 2 aromatic rings. The van der Waals surface area contributed by atoms with Gasteiger partial charge in [-0.3, -0.25) is 4.79 Å². The van der Waals surface area contributed by atoms with Crippen LogP contribution in [-0.4, -0.2) is 15.5 Å². The minimum Gasteiger partial charge on any atom is -0.341 e. The fourth-order valence-corrected chi connectivity index (χ4v) is 3.04. The normalized spacial score (nSPS) is 12.3. The first-order valence-electron chi connectivity index (χ1n) is 7.02. The highest BCUT2D eigenvalue weighted by Crippen LogP contribution is 2.20. The Morgan fingerprint density at radius 1 is 1.45 bits per heavy atom. The standard InChI is InChI=1S/C15H21N3OS/c1-4-6-12(14-16-9-10-18(14)3)17-15(19)13-8-7-11(5-2)20-13/h7-10,12H,4-6H2,1-3H3,(H,17,19). The Labute approximate surface area is 123 Å². The van der Waals surface area contributed by atoms with E-state index in [-0.39, 0.29) is 11.9 Å². The number of nitrogens with zero attached hydrogens (tertiary/aromatic N) is 2. The number of hydrogen-bond donors (Lipinski definition) is 1. The lowest BCUT2D eigenvalue weighted by Crippen LogP contribution is -2.29. The highest BCUT2D eigenvalue weighted by molar-refractivity contribution is 7.14. The number of amides is 1. The van der Waals surface area contributed by atoms with Gasteiger partial charge in [0.05, 0.1) is 10.9 Å². The lowest BCUT2D eigenvalue weighted by Gasteiger charge is -2.17. The Bertz CT molecular complexity index is 573. The third kappa shape index (κ3) is 3.28. The second-order valence-electron chi connectivity index (χ2n) is 4.83. The van der Waals surface area contributed by atoms with Crippen LogP contribution in [0.1, 0.15) is 53.1 Å². The smallest absolute Gasteiger partial charge is 0.261 e. The summed E-state index contributed by atoms with van der Waals surface area (Å²) in [5.41, 5.74) is 0. The Morgan fingerprint density at radius 2 is 2.25 bits per heavy atom. The minimum atomic E-state index is -0.0281. The molecule has 0 aliphatic rings. The molecule has 0 aliphatic carbocycles. The van der Waals surface area contributed by atoms with E-state index < -0.39 is 0 Å². The highest BCUT2D eigenvalue weighted by Gasteiger charge is 2.19. The second-order valence-corrected chi connectivity index (χ2v) is 6.00. The van der Waals surface area contributed by atoms with Crippen LogP contribution in [0.25, 0.3) is 0 Å². The fraction of sp³-hybridized carbons (Fsp3) is 0.467. The van der Waals surface area contributed by atoms with Gasteiger partial charge in [0.15, 0.2) is 0 Å². The molecule has 0 radical (unpaired) electrons. The zero-order valence-corrected chi connectivity index (χ0v) is 13.0. The summed E-state index contributed by atoms with van der Waals surface area (Å²) in [6.45, 7) is 4.21. The van der Waals surface area contributed by atoms with Crippen LogP contribution in [0.2, 0.25) is 0 Å². The molecule has 2 heterocycles. The van der Waals surface area contributed by atoms with Crippen LogP contribution in [0, 0.1) is 0 Å². The van der Waals surface area contributed by atoms with E-state index in [0.717, 1.165) is 30.0 Å². The average Bonchev–Trinajstić information content (AvgIpc) is 3.06. The largest absolute Gasteiger partial charge is 0.341 e. The predicted octanol–water partition coefficient (Wildman–Crippen LogP) is 3.32. The summed E-state index contributed by atoms with van der Waals surface area (Å²) in [5, 5.41) is 3.10. The van der Waals surface area contributed by atoms with E-state index in [1.807, 2.05) is 29.9 Å². The summed E-state index contributed by atoms with van der Waals surface area (Å²) in [4.78, 5) is 18.7. The lowest BCUT2D eigenvalue weighted by molar-refractivity contribution is 0.0936. The van der Waals surface area contributed by atoms with Crippen molar-refractivity contribution in [1.82, 2.24) is 14.9 Å². The molecule has 4 nitrogen and oxygen atoms in total. The molecule has 0 saturated heterocycles. The van der Waals surface area contributed by atoms with Crippen LogP contribution in [-0.2, 0) is 13.5 Å². The maximum absolute atomic E-state index is 12.3. The monoisotopic (exact) mass is 291 g/mol. The van der Waals surface area contributed by atoms with E-state index in [9.17, 15) is 4.79 Å². The molecule has 20 heavy (non-hydrogen) atoms. The van der Waals surface area contributed by atoms with Gasteiger partial charge in [-0.1, -0.05) is 20.3 Å². The van der Waals surface area contributed by atoms with Crippen LogP contribution in [0.3, 0.4) is 0 Å². The van der Waals surface area contributed by atoms with Gasteiger partial charge in [-0.15, -0.1) is 11.3 Å². The molecule has 0 saturated carbocycles. The molecule has 5 heteroatoms. The van der Waals surface area contributed by atoms with E-state index >= 15 is 0 Å². The average molecular weight is 291 g/mol. The Balaban J connectivity index is 2.12. The molecule has 0 aromatic carbocycles. The van der Waals surface area contributed by atoms with Crippen molar-refractivity contribution in [2.75, 3.05) is 0 Å². The van der Waals surface area contributed by atoms with Crippen molar-refractivity contribution >= 4 is 17.2 Å². The number of carbonyl (C=O) groups excluding carboxylic acids is 1. The van der Waals surface area contributed by atoms with Crippen molar-refractivity contribution in [2.24, 2.45) is 7.05 Å². The number of rotatable bonds is 6. The zero-order chi connectivity index (χ0) is 14.5. The van der Waals surface area contributed by atoms with Crippen molar-refractivity contribution in [2.45, 2.75) is 39.2 Å². The highest BCUT2D eigenvalue weighted by atomic mass is 32.1. The minimum absolute atomic E-state index is 0.00356. The van der Waals surface area contributed by atoms with Crippen LogP contribution >= 0.6 is 11.3 Å². The van der Waals surface area contributed by atoms with Gasteiger partial charge in [-0.2, -0.15) is 0 Å². The first kappa shape index (κ1) is 14.8. The van der Waals surface area contributed by atoms with Crippen LogP contribution in [0.5, 0.6) is 0 Å². The molecular formula is C15H21N3OS. The molecule has 2 rings (SSSR count). The van der Waals surface area contributed by atoms with Crippen molar-refractivity contribution in [3.05, 3.63) is 40.1 Å². The quantitative estimate of drug-likeness (QED) is 0.887. The molecule has 1 N–H and O–H groups in total. The summed E-state index contributed by atoms with van der Waals surface area (Å²) < 4.78 is 1.96. The van der Waals surface area contributed by atoms with Gasteiger partial charge < -0.3 is 9.88 Å². The molecule has 0 fully saturated rings. The van der Waals surface area contributed by atoms with Crippen molar-refractivity contribution in [3.8, 4) is 0 Å². The molecule has 0 bridgehead atoms. The lowest BCUT2D eigenvalue weighted by atomic mass is 10.1. The predicted molar refractivity (Wildman–Crippen MR) is 82.0 cm³/mol. The molecule has 1 amide bonds. The molecule has 0 spiro atoms. The Hall–Kier alpha value is -1.62. The topological polar surface area (TPSA) is 46.9 Å². The molecular weight excluding hydrogens is 270 g/mol. The Kier molecular flexibility index (Phi) is 4.95. The van der Waals surface area contributed by atoms with E-state index in [2.05, 4.69) is 24.1 Å². The van der Waals surface area contributed by atoms with Gasteiger partial charge >= 0.3 is 0 Å². The number of carbonyl (C=O) groups is 1. The molecule has 1 unspecified atom stereocenters. The summed E-state index contributed by atoms with van der Waals surface area (Å²) >= 11 is 1.56. The number of aryl methyl sites for hydroxylation is 2. The van der Waals surface area contributed by atoms with Crippen molar-refractivity contribution < 1.29 is 4.79 Å². The number of thiophene rings is 1. The number of imidazole rings is 1. The molecule has 1 atom stereocenters. The van der Waals surface area contributed by atoms with Gasteiger partial charge in [-0.25, -0.2) is 4.98 Å². The molecule has 0 aliphatic heterocycles. The number of aromatic nitrogens is 2. The van der Waals surface area contributed by atoms with E-state index in [1.165, 1.54) is 4.88 Å². The van der Waals surface area contributed by atoms with Crippen molar-refractivity contribution in [3.63, 3.8) is 0 Å². The van der Waals surface area contributed by atoms with E-state index in [1.54, 1.807) is 17.5 Å². The number of hydrogen-bond acceptors (Lipinski definition) is 3. The third-order valence-corrected chi connectivity index (χ3v) is 4.52. The first-order valence-corrected chi connectivity index (χ1v) is 7.84. The van der Waals surface area contributed by atoms with Crippen LogP contribution in [0.15, 0.2) is 24.5 Å². The Morgan fingerprint density at radius 3 is 2.80 bits per heavy atom. The summed E-state index contributed by atoms with van der Waals surface area (Å²) in [7, 11) is 1.96. The van der Waals surface area contributed by atoms with Crippen LogP contribution in [0.4, 0.5) is 0 Å². The van der Waals surface area contributed by atoms with Gasteiger partial charge in [0.1, 0.15) is 5.82 Å². The van der Waals surface area contributed by atoms with E-state index in [4.69, 9.17) is 0 Å². The van der Waals surface area contributed by atoms with Gasteiger partial charge in [0, 0.05) is 24.3 Å². The van der Waals surface area contributed by atoms with E-state index in [0.29, 0.717) is 0 Å². The zero-order valence-electron chi connectivity index (χ0n) is 12.2. The van der Waals surface area contributed by atoms with Crippen LogP contribution < -0.4 is 5.32 Å². The number of nitrogens with one attached hydrogen (secondary N) is 1. The van der Waals surface area contributed by atoms with Crippen molar-refractivity contribution in [1.29, 1.82) is 0 Å².